The summed E-state index contributed by atoms with van der Waals surface area (Å²) in [7, 11) is -3.83. The lowest BCUT2D eigenvalue weighted by Gasteiger charge is -2.13. The van der Waals surface area contributed by atoms with Gasteiger partial charge in [0.05, 0.1) is 18.0 Å². The van der Waals surface area contributed by atoms with Crippen molar-refractivity contribution in [3.63, 3.8) is 0 Å². The van der Waals surface area contributed by atoms with Crippen LogP contribution in [0.4, 0.5) is 0 Å². The van der Waals surface area contributed by atoms with E-state index in [1.165, 1.54) is 0 Å². The molecule has 16 heavy (non-hydrogen) atoms. The van der Waals surface area contributed by atoms with Gasteiger partial charge in [0.2, 0.25) is 0 Å². The molecule has 0 aromatic rings. The predicted molar refractivity (Wildman–Crippen MR) is 62.0 cm³/mol. The standard InChI is InChI=1S/C10H22O5S/c1-9(11)5-6-10(2)15-7-3-4-8-16(12,13)14/h9-11H,3-8H2,1-2H3,(H,12,13,14). The third-order valence-electron chi connectivity index (χ3n) is 2.19. The molecule has 0 saturated carbocycles. The summed E-state index contributed by atoms with van der Waals surface area (Å²) in [4.78, 5) is 0. The quantitative estimate of drug-likeness (QED) is 0.477. The van der Waals surface area contributed by atoms with E-state index in [4.69, 9.17) is 14.4 Å². The molecule has 0 fully saturated rings. The summed E-state index contributed by atoms with van der Waals surface area (Å²) in [5.41, 5.74) is 0. The second-order valence-corrected chi connectivity index (χ2v) is 5.67. The zero-order valence-electron chi connectivity index (χ0n) is 9.92. The average Bonchev–Trinajstić information content (AvgIpc) is 2.12. The highest BCUT2D eigenvalue weighted by Gasteiger charge is 2.06. The Morgan fingerprint density at radius 2 is 1.81 bits per heavy atom. The summed E-state index contributed by atoms with van der Waals surface area (Å²) in [6.07, 6.45) is 2.26. The molecule has 0 heterocycles. The Bertz CT molecular complexity index is 260. The van der Waals surface area contributed by atoms with Gasteiger partial charge in [-0.25, -0.2) is 0 Å². The van der Waals surface area contributed by atoms with Gasteiger partial charge in [-0.05, 0) is 39.5 Å². The van der Waals surface area contributed by atoms with E-state index in [1.807, 2.05) is 6.92 Å². The minimum absolute atomic E-state index is 0.0698. The first-order chi connectivity index (χ1) is 7.31. The van der Waals surface area contributed by atoms with Crippen LogP contribution in [0.5, 0.6) is 0 Å². The molecule has 2 unspecified atom stereocenters. The molecule has 0 bridgehead atoms. The van der Waals surface area contributed by atoms with Crippen molar-refractivity contribution < 1.29 is 22.8 Å². The number of unbranched alkanes of at least 4 members (excludes halogenated alkanes) is 1. The number of hydrogen-bond donors (Lipinski definition) is 2. The molecule has 0 aliphatic rings. The van der Waals surface area contributed by atoms with Crippen LogP contribution < -0.4 is 0 Å². The number of aliphatic hydroxyl groups excluding tert-OH is 1. The fraction of sp³-hybridized carbons (Fsp3) is 1.00. The molecule has 2 atom stereocenters. The van der Waals surface area contributed by atoms with E-state index in [0.717, 1.165) is 6.42 Å². The average molecular weight is 254 g/mol. The van der Waals surface area contributed by atoms with Crippen LogP contribution in [-0.2, 0) is 14.9 Å². The predicted octanol–water partition coefficient (Wildman–Crippen LogP) is 1.22. The number of rotatable bonds is 9. The van der Waals surface area contributed by atoms with Crippen molar-refractivity contribution in [3.05, 3.63) is 0 Å². The summed E-state index contributed by atoms with van der Waals surface area (Å²) in [6.45, 7) is 4.14. The van der Waals surface area contributed by atoms with Crippen molar-refractivity contribution in [3.8, 4) is 0 Å². The highest BCUT2D eigenvalue weighted by molar-refractivity contribution is 7.85. The van der Waals surface area contributed by atoms with Crippen LogP contribution in [0.1, 0.15) is 39.5 Å². The second kappa shape index (κ2) is 8.00. The largest absolute Gasteiger partial charge is 0.393 e. The third kappa shape index (κ3) is 11.9. The zero-order valence-corrected chi connectivity index (χ0v) is 10.7. The van der Waals surface area contributed by atoms with Crippen LogP contribution >= 0.6 is 0 Å². The van der Waals surface area contributed by atoms with E-state index >= 15 is 0 Å². The molecule has 0 rings (SSSR count). The molecule has 0 aromatic carbocycles. The molecule has 6 heteroatoms. The Morgan fingerprint density at radius 1 is 1.19 bits per heavy atom. The third-order valence-corrected chi connectivity index (χ3v) is 2.99. The molecule has 2 N–H and O–H groups in total. The zero-order chi connectivity index (χ0) is 12.6. The first kappa shape index (κ1) is 15.8. The van der Waals surface area contributed by atoms with E-state index in [9.17, 15) is 8.42 Å². The molecule has 0 amide bonds. The molecule has 0 radical (unpaired) electrons. The Labute approximate surface area is 97.6 Å². The lowest BCUT2D eigenvalue weighted by Crippen LogP contribution is -2.13. The van der Waals surface area contributed by atoms with E-state index in [2.05, 4.69) is 0 Å². The molecule has 0 saturated heterocycles. The Balaban J connectivity index is 3.38. The summed E-state index contributed by atoms with van der Waals surface area (Å²) in [5, 5.41) is 9.05. The summed E-state index contributed by atoms with van der Waals surface area (Å²) in [6, 6.07) is 0. The van der Waals surface area contributed by atoms with Crippen molar-refractivity contribution in [2.24, 2.45) is 0 Å². The van der Waals surface area contributed by atoms with Crippen molar-refractivity contribution in [2.75, 3.05) is 12.4 Å². The van der Waals surface area contributed by atoms with E-state index in [1.54, 1.807) is 6.92 Å². The first-order valence-corrected chi connectivity index (χ1v) is 7.17. The van der Waals surface area contributed by atoms with Gasteiger partial charge in [0.1, 0.15) is 0 Å². The van der Waals surface area contributed by atoms with Crippen LogP contribution in [-0.4, -0.2) is 42.6 Å². The monoisotopic (exact) mass is 254 g/mol. The lowest BCUT2D eigenvalue weighted by atomic mass is 10.1. The maximum Gasteiger partial charge on any atom is 0.264 e. The molecule has 5 nitrogen and oxygen atoms in total. The summed E-state index contributed by atoms with van der Waals surface area (Å²) in [5.74, 6) is -0.210. The van der Waals surface area contributed by atoms with Crippen molar-refractivity contribution in [2.45, 2.75) is 51.7 Å². The van der Waals surface area contributed by atoms with Crippen LogP contribution in [0.3, 0.4) is 0 Å². The minimum Gasteiger partial charge on any atom is -0.393 e. The van der Waals surface area contributed by atoms with Gasteiger partial charge in [-0.3, -0.25) is 4.55 Å². The SMILES string of the molecule is CC(O)CCC(C)OCCCCS(=O)(=O)O. The lowest BCUT2D eigenvalue weighted by molar-refractivity contribution is 0.0469. The van der Waals surface area contributed by atoms with Gasteiger partial charge >= 0.3 is 0 Å². The second-order valence-electron chi connectivity index (χ2n) is 4.10. The van der Waals surface area contributed by atoms with Gasteiger partial charge in [-0.2, -0.15) is 8.42 Å². The fourth-order valence-corrected chi connectivity index (χ4v) is 1.80. The van der Waals surface area contributed by atoms with Gasteiger partial charge in [-0.1, -0.05) is 0 Å². The molecular weight excluding hydrogens is 232 g/mol. The summed E-state index contributed by atoms with van der Waals surface area (Å²) < 4.78 is 34.7. The van der Waals surface area contributed by atoms with Crippen molar-refractivity contribution >= 4 is 10.1 Å². The minimum atomic E-state index is -3.83. The van der Waals surface area contributed by atoms with Crippen LogP contribution in [0.2, 0.25) is 0 Å². The Hall–Kier alpha value is -0.170. The van der Waals surface area contributed by atoms with E-state index in [0.29, 0.717) is 25.9 Å². The topological polar surface area (TPSA) is 83.8 Å². The number of aliphatic hydroxyl groups is 1. The molecule has 0 spiro atoms. The molecule has 0 aromatic heterocycles. The van der Waals surface area contributed by atoms with Crippen molar-refractivity contribution in [1.29, 1.82) is 0 Å². The molecule has 98 valence electrons. The molecule has 0 aliphatic carbocycles. The normalized spacial score (nSPS) is 16.0. The number of hydrogen-bond acceptors (Lipinski definition) is 4. The Kier molecular flexibility index (Phi) is 7.91. The van der Waals surface area contributed by atoms with Crippen LogP contribution in [0.15, 0.2) is 0 Å². The van der Waals surface area contributed by atoms with Crippen LogP contribution in [0.25, 0.3) is 0 Å². The first-order valence-electron chi connectivity index (χ1n) is 5.56. The highest BCUT2D eigenvalue weighted by Crippen LogP contribution is 2.05. The van der Waals surface area contributed by atoms with Crippen LogP contribution in [0, 0.1) is 0 Å². The smallest absolute Gasteiger partial charge is 0.264 e. The van der Waals surface area contributed by atoms with Gasteiger partial charge in [0, 0.05) is 6.61 Å². The van der Waals surface area contributed by atoms with Gasteiger partial charge in [0.15, 0.2) is 0 Å². The summed E-state index contributed by atoms with van der Waals surface area (Å²) >= 11 is 0. The maximum absolute atomic E-state index is 10.4. The van der Waals surface area contributed by atoms with E-state index in [-0.39, 0.29) is 18.0 Å². The highest BCUT2D eigenvalue weighted by atomic mass is 32.2. The van der Waals surface area contributed by atoms with Gasteiger partial charge in [-0.15, -0.1) is 0 Å². The van der Waals surface area contributed by atoms with Crippen molar-refractivity contribution in [1.82, 2.24) is 0 Å². The van der Waals surface area contributed by atoms with Gasteiger partial charge < -0.3 is 9.84 Å². The Morgan fingerprint density at radius 3 is 2.31 bits per heavy atom. The van der Waals surface area contributed by atoms with Gasteiger partial charge in [0.25, 0.3) is 10.1 Å². The molecular formula is C10H22O5S. The molecule has 0 aliphatic heterocycles. The fourth-order valence-electron chi connectivity index (χ4n) is 1.23. The maximum atomic E-state index is 10.4. The van der Waals surface area contributed by atoms with E-state index < -0.39 is 10.1 Å². The number of ether oxygens (including phenoxy) is 1.